The molecule has 90 valence electrons. The first-order valence-corrected chi connectivity index (χ1v) is 5.74. The van der Waals surface area contributed by atoms with E-state index in [0.717, 1.165) is 25.4 Å². The van der Waals surface area contributed by atoms with E-state index >= 15 is 0 Å². The quantitative estimate of drug-likeness (QED) is 0.749. The molecule has 0 aliphatic heterocycles. The second-order valence-corrected chi connectivity index (χ2v) is 4.11. The van der Waals surface area contributed by atoms with Gasteiger partial charge in [0.15, 0.2) is 0 Å². The van der Waals surface area contributed by atoms with E-state index in [1.54, 1.807) is 7.11 Å². The van der Waals surface area contributed by atoms with Gasteiger partial charge in [-0.2, -0.15) is 0 Å². The standard InChI is InChI=1S/C13H22N2O/c1-4-15(11(2)10-16-3)9-12-6-5-7-13(14)8-12/h5-8,11H,4,9-10,14H2,1-3H3. The van der Waals surface area contributed by atoms with Gasteiger partial charge in [0.25, 0.3) is 0 Å². The Morgan fingerprint density at radius 2 is 2.19 bits per heavy atom. The van der Waals surface area contributed by atoms with Crippen LogP contribution in [0.15, 0.2) is 24.3 Å². The largest absolute Gasteiger partial charge is 0.399 e. The Morgan fingerprint density at radius 1 is 1.44 bits per heavy atom. The Morgan fingerprint density at radius 3 is 2.75 bits per heavy atom. The van der Waals surface area contributed by atoms with Crippen LogP contribution >= 0.6 is 0 Å². The molecule has 1 aromatic rings. The number of hydrogen-bond acceptors (Lipinski definition) is 3. The summed E-state index contributed by atoms with van der Waals surface area (Å²) >= 11 is 0. The number of likely N-dealkylation sites (N-methyl/N-ethyl adjacent to an activating group) is 1. The second-order valence-electron chi connectivity index (χ2n) is 4.11. The Balaban J connectivity index is 2.62. The summed E-state index contributed by atoms with van der Waals surface area (Å²) in [4.78, 5) is 2.37. The minimum absolute atomic E-state index is 0.427. The predicted octanol–water partition coefficient (Wildman–Crippen LogP) is 2.13. The minimum atomic E-state index is 0.427. The third kappa shape index (κ3) is 3.83. The zero-order valence-electron chi connectivity index (χ0n) is 10.4. The summed E-state index contributed by atoms with van der Waals surface area (Å²) in [5, 5.41) is 0. The van der Waals surface area contributed by atoms with Crippen molar-refractivity contribution in [3.8, 4) is 0 Å². The zero-order chi connectivity index (χ0) is 12.0. The molecule has 0 spiro atoms. The Hall–Kier alpha value is -1.06. The number of anilines is 1. The predicted molar refractivity (Wildman–Crippen MR) is 68.3 cm³/mol. The van der Waals surface area contributed by atoms with Crippen LogP contribution in [0, 0.1) is 0 Å². The van der Waals surface area contributed by atoms with Gasteiger partial charge in [0.05, 0.1) is 6.61 Å². The summed E-state index contributed by atoms with van der Waals surface area (Å²) in [5.74, 6) is 0. The van der Waals surface area contributed by atoms with Crippen LogP contribution in [0.1, 0.15) is 19.4 Å². The fourth-order valence-corrected chi connectivity index (χ4v) is 1.85. The maximum absolute atomic E-state index is 5.77. The Kier molecular flexibility index (Phi) is 5.29. The van der Waals surface area contributed by atoms with Crippen molar-refractivity contribution in [1.82, 2.24) is 4.90 Å². The molecule has 0 saturated carbocycles. The lowest BCUT2D eigenvalue weighted by molar-refractivity contribution is 0.0982. The van der Waals surface area contributed by atoms with Crippen LogP contribution in [0.2, 0.25) is 0 Å². The lowest BCUT2D eigenvalue weighted by Gasteiger charge is -2.27. The van der Waals surface area contributed by atoms with Gasteiger partial charge in [-0.15, -0.1) is 0 Å². The van der Waals surface area contributed by atoms with Gasteiger partial charge < -0.3 is 10.5 Å². The highest BCUT2D eigenvalue weighted by molar-refractivity contribution is 5.40. The molecule has 0 fully saturated rings. The highest BCUT2D eigenvalue weighted by atomic mass is 16.5. The van der Waals surface area contributed by atoms with Gasteiger partial charge >= 0.3 is 0 Å². The van der Waals surface area contributed by atoms with Crippen molar-refractivity contribution < 1.29 is 4.74 Å². The van der Waals surface area contributed by atoms with Gasteiger partial charge in [-0.05, 0) is 31.2 Å². The van der Waals surface area contributed by atoms with Crippen molar-refractivity contribution >= 4 is 5.69 Å². The van der Waals surface area contributed by atoms with Crippen LogP contribution < -0.4 is 5.73 Å². The molecule has 0 aliphatic rings. The van der Waals surface area contributed by atoms with Crippen LogP contribution in [0.25, 0.3) is 0 Å². The molecule has 1 unspecified atom stereocenters. The van der Waals surface area contributed by atoms with Gasteiger partial charge in [0.2, 0.25) is 0 Å². The van der Waals surface area contributed by atoms with Crippen LogP contribution in [0.4, 0.5) is 5.69 Å². The van der Waals surface area contributed by atoms with Crippen molar-refractivity contribution in [2.24, 2.45) is 0 Å². The number of methoxy groups -OCH3 is 1. The van der Waals surface area contributed by atoms with E-state index in [1.807, 2.05) is 18.2 Å². The molecule has 0 heterocycles. The highest BCUT2D eigenvalue weighted by Gasteiger charge is 2.11. The fraction of sp³-hybridized carbons (Fsp3) is 0.538. The topological polar surface area (TPSA) is 38.5 Å². The third-order valence-corrected chi connectivity index (χ3v) is 2.77. The van der Waals surface area contributed by atoms with Gasteiger partial charge in [0.1, 0.15) is 0 Å². The maximum atomic E-state index is 5.77. The summed E-state index contributed by atoms with van der Waals surface area (Å²) < 4.78 is 5.18. The number of nitrogens with zero attached hydrogens (tertiary/aromatic N) is 1. The monoisotopic (exact) mass is 222 g/mol. The molecule has 0 saturated heterocycles. The Labute approximate surface area is 98.2 Å². The fourth-order valence-electron chi connectivity index (χ4n) is 1.85. The summed E-state index contributed by atoms with van der Waals surface area (Å²) in [6, 6.07) is 8.48. The average molecular weight is 222 g/mol. The van der Waals surface area contributed by atoms with E-state index in [-0.39, 0.29) is 0 Å². The zero-order valence-corrected chi connectivity index (χ0v) is 10.4. The van der Waals surface area contributed by atoms with E-state index in [2.05, 4.69) is 24.8 Å². The van der Waals surface area contributed by atoms with Crippen LogP contribution in [-0.2, 0) is 11.3 Å². The van der Waals surface area contributed by atoms with Crippen molar-refractivity contribution in [3.63, 3.8) is 0 Å². The molecule has 1 atom stereocenters. The van der Waals surface area contributed by atoms with Crippen molar-refractivity contribution in [1.29, 1.82) is 0 Å². The van der Waals surface area contributed by atoms with E-state index in [4.69, 9.17) is 10.5 Å². The number of nitrogen functional groups attached to an aromatic ring is 1. The Bertz CT molecular complexity index is 315. The molecule has 1 rings (SSSR count). The lowest BCUT2D eigenvalue weighted by atomic mass is 10.1. The summed E-state index contributed by atoms with van der Waals surface area (Å²) in [6.07, 6.45) is 0. The van der Waals surface area contributed by atoms with Crippen LogP contribution in [-0.4, -0.2) is 31.2 Å². The first-order chi connectivity index (χ1) is 7.67. The molecule has 3 nitrogen and oxygen atoms in total. The van der Waals surface area contributed by atoms with Crippen molar-refractivity contribution in [2.75, 3.05) is 26.0 Å². The molecular formula is C13H22N2O. The first kappa shape index (κ1) is 13.0. The average Bonchev–Trinajstić information content (AvgIpc) is 2.26. The van der Waals surface area contributed by atoms with Gasteiger partial charge in [-0.1, -0.05) is 19.1 Å². The number of benzene rings is 1. The molecule has 0 aromatic heterocycles. The number of rotatable bonds is 6. The first-order valence-electron chi connectivity index (χ1n) is 5.74. The van der Waals surface area contributed by atoms with Crippen LogP contribution in [0.5, 0.6) is 0 Å². The summed E-state index contributed by atoms with van der Waals surface area (Å²) in [7, 11) is 1.74. The molecule has 3 heteroatoms. The van der Waals surface area contributed by atoms with Gasteiger partial charge in [0, 0.05) is 25.4 Å². The van der Waals surface area contributed by atoms with Crippen molar-refractivity contribution in [3.05, 3.63) is 29.8 Å². The number of ether oxygens (including phenoxy) is 1. The van der Waals surface area contributed by atoms with E-state index in [0.29, 0.717) is 6.04 Å². The maximum Gasteiger partial charge on any atom is 0.0615 e. The second kappa shape index (κ2) is 6.51. The van der Waals surface area contributed by atoms with Gasteiger partial charge in [-0.3, -0.25) is 4.90 Å². The molecular weight excluding hydrogens is 200 g/mol. The molecule has 16 heavy (non-hydrogen) atoms. The smallest absolute Gasteiger partial charge is 0.0615 e. The molecule has 2 N–H and O–H groups in total. The molecule has 0 amide bonds. The SMILES string of the molecule is CCN(Cc1cccc(N)c1)C(C)COC. The normalized spacial score (nSPS) is 13.0. The van der Waals surface area contributed by atoms with Crippen molar-refractivity contribution in [2.45, 2.75) is 26.4 Å². The minimum Gasteiger partial charge on any atom is -0.399 e. The molecule has 0 aliphatic carbocycles. The van der Waals surface area contributed by atoms with Crippen LogP contribution in [0.3, 0.4) is 0 Å². The van der Waals surface area contributed by atoms with E-state index in [1.165, 1.54) is 5.56 Å². The summed E-state index contributed by atoms with van der Waals surface area (Å²) in [6.45, 7) is 7.04. The lowest BCUT2D eigenvalue weighted by Crippen LogP contribution is -2.35. The number of nitrogens with two attached hydrogens (primary N) is 1. The molecule has 0 radical (unpaired) electrons. The summed E-state index contributed by atoms with van der Waals surface area (Å²) in [5.41, 5.74) is 7.85. The third-order valence-electron chi connectivity index (χ3n) is 2.77. The molecule has 0 bridgehead atoms. The van der Waals surface area contributed by atoms with E-state index in [9.17, 15) is 0 Å². The molecule has 1 aromatic carbocycles. The van der Waals surface area contributed by atoms with Gasteiger partial charge in [-0.25, -0.2) is 0 Å². The number of hydrogen-bond donors (Lipinski definition) is 1. The highest BCUT2D eigenvalue weighted by Crippen LogP contribution is 2.11. The van der Waals surface area contributed by atoms with E-state index < -0.39 is 0 Å².